The van der Waals surface area contributed by atoms with Crippen molar-refractivity contribution in [2.24, 2.45) is 13.0 Å². The Morgan fingerprint density at radius 2 is 2.19 bits per heavy atom. The molecule has 4 heteroatoms. The van der Waals surface area contributed by atoms with Crippen LogP contribution in [-0.2, 0) is 13.5 Å². The molecule has 0 aliphatic rings. The molecule has 0 radical (unpaired) electrons. The molecule has 0 N–H and O–H groups in total. The Balaban J connectivity index is 2.74. The van der Waals surface area contributed by atoms with E-state index < -0.39 is 0 Å². The molecule has 0 atom stereocenters. The summed E-state index contributed by atoms with van der Waals surface area (Å²) in [6, 6.07) is 1.97. The number of thiophene rings is 1. The molecule has 0 bridgehead atoms. The summed E-state index contributed by atoms with van der Waals surface area (Å²) < 4.78 is 2.51. The van der Waals surface area contributed by atoms with Gasteiger partial charge in [0.05, 0.1) is 15.8 Å². The highest BCUT2D eigenvalue weighted by molar-refractivity contribution is 7.19. The summed E-state index contributed by atoms with van der Waals surface area (Å²) in [7, 11) is 1.72. The first-order valence-corrected chi connectivity index (χ1v) is 6.27. The van der Waals surface area contributed by atoms with Crippen LogP contribution in [-0.4, -0.2) is 9.78 Å². The minimum Gasteiger partial charge on any atom is -0.267 e. The molecule has 2 aromatic heterocycles. The fourth-order valence-electron chi connectivity index (χ4n) is 1.85. The predicted octanol–water partition coefficient (Wildman–Crippen LogP) is 2.50. The zero-order chi connectivity index (χ0) is 11.9. The average Bonchev–Trinajstić information content (AvgIpc) is 2.56. The fourth-order valence-corrected chi connectivity index (χ4v) is 2.85. The van der Waals surface area contributed by atoms with Gasteiger partial charge >= 0.3 is 0 Å². The van der Waals surface area contributed by atoms with E-state index in [9.17, 15) is 4.79 Å². The van der Waals surface area contributed by atoms with E-state index in [0.29, 0.717) is 5.92 Å². The Morgan fingerprint density at radius 3 is 2.81 bits per heavy atom. The fraction of sp³-hybridized carbons (Fsp3) is 0.500. The summed E-state index contributed by atoms with van der Waals surface area (Å²) in [6.45, 7) is 6.36. The van der Waals surface area contributed by atoms with Gasteiger partial charge in [0.15, 0.2) is 0 Å². The quantitative estimate of drug-likeness (QED) is 0.803. The second kappa shape index (κ2) is 4.01. The number of fused-ring (bicyclic) bond motifs is 1. The number of rotatable bonds is 2. The minimum atomic E-state index is 0.00635. The highest BCUT2D eigenvalue weighted by Gasteiger charge is 2.12. The smallest absolute Gasteiger partial charge is 0.267 e. The lowest BCUT2D eigenvalue weighted by Crippen LogP contribution is -2.21. The molecule has 0 saturated heterocycles. The lowest BCUT2D eigenvalue weighted by Gasteiger charge is -2.06. The van der Waals surface area contributed by atoms with Gasteiger partial charge in [-0.25, -0.2) is 4.68 Å². The standard InChI is InChI=1S/C12H16N2OS/c1-7(2)5-10-11-9(6-8(3)16-11)12(15)14(4)13-10/h6-7H,5H2,1-4H3. The maximum atomic E-state index is 11.9. The molecular weight excluding hydrogens is 220 g/mol. The summed E-state index contributed by atoms with van der Waals surface area (Å²) in [5.41, 5.74) is 1.05. The summed E-state index contributed by atoms with van der Waals surface area (Å²) >= 11 is 1.67. The van der Waals surface area contributed by atoms with Crippen LogP contribution in [0.1, 0.15) is 24.4 Å². The molecule has 0 aromatic carbocycles. The van der Waals surface area contributed by atoms with Crippen LogP contribution in [0.15, 0.2) is 10.9 Å². The van der Waals surface area contributed by atoms with E-state index in [1.807, 2.05) is 13.0 Å². The Kier molecular flexibility index (Phi) is 2.84. The van der Waals surface area contributed by atoms with E-state index in [1.54, 1.807) is 18.4 Å². The van der Waals surface area contributed by atoms with E-state index >= 15 is 0 Å². The molecule has 0 spiro atoms. The number of nitrogens with zero attached hydrogens (tertiary/aromatic N) is 2. The molecule has 16 heavy (non-hydrogen) atoms. The van der Waals surface area contributed by atoms with Crippen molar-refractivity contribution >= 4 is 21.4 Å². The molecule has 0 aliphatic carbocycles. The van der Waals surface area contributed by atoms with Crippen LogP contribution in [0.3, 0.4) is 0 Å². The molecular formula is C12H16N2OS. The highest BCUT2D eigenvalue weighted by Crippen LogP contribution is 2.25. The second-order valence-electron chi connectivity index (χ2n) is 4.57. The monoisotopic (exact) mass is 236 g/mol. The molecule has 0 unspecified atom stereocenters. The van der Waals surface area contributed by atoms with Gasteiger partial charge in [0.2, 0.25) is 0 Å². The number of hydrogen-bond donors (Lipinski definition) is 0. The maximum absolute atomic E-state index is 11.9. The zero-order valence-corrected chi connectivity index (χ0v) is 10.9. The van der Waals surface area contributed by atoms with E-state index in [-0.39, 0.29) is 5.56 Å². The first-order chi connectivity index (χ1) is 7.49. The van der Waals surface area contributed by atoms with Crippen molar-refractivity contribution in [3.63, 3.8) is 0 Å². The number of hydrogen-bond acceptors (Lipinski definition) is 3. The Bertz CT molecular complexity index is 580. The van der Waals surface area contributed by atoms with Gasteiger partial charge in [-0.2, -0.15) is 5.10 Å². The maximum Gasteiger partial charge on any atom is 0.275 e. The van der Waals surface area contributed by atoms with Crippen molar-refractivity contribution in [3.8, 4) is 0 Å². The topological polar surface area (TPSA) is 34.9 Å². The van der Waals surface area contributed by atoms with Gasteiger partial charge in [-0.05, 0) is 25.3 Å². The van der Waals surface area contributed by atoms with E-state index in [4.69, 9.17) is 0 Å². The molecule has 0 aliphatic heterocycles. The SMILES string of the molecule is Cc1cc2c(=O)n(C)nc(CC(C)C)c2s1. The van der Waals surface area contributed by atoms with Gasteiger partial charge in [-0.3, -0.25) is 4.79 Å². The zero-order valence-electron chi connectivity index (χ0n) is 10.1. The number of aromatic nitrogens is 2. The van der Waals surface area contributed by atoms with Crippen molar-refractivity contribution in [3.05, 3.63) is 27.0 Å². The molecule has 86 valence electrons. The highest BCUT2D eigenvalue weighted by atomic mass is 32.1. The second-order valence-corrected chi connectivity index (χ2v) is 5.83. The van der Waals surface area contributed by atoms with Gasteiger partial charge in [0.1, 0.15) is 0 Å². The molecule has 0 fully saturated rings. The van der Waals surface area contributed by atoms with Gasteiger partial charge in [-0.1, -0.05) is 13.8 Å². The van der Waals surface area contributed by atoms with Crippen LogP contribution in [0.5, 0.6) is 0 Å². The predicted molar refractivity (Wildman–Crippen MR) is 68.1 cm³/mol. The average molecular weight is 236 g/mol. The third-order valence-corrected chi connectivity index (χ3v) is 3.61. The van der Waals surface area contributed by atoms with E-state index in [0.717, 1.165) is 22.2 Å². The van der Waals surface area contributed by atoms with Crippen LogP contribution in [0.25, 0.3) is 10.1 Å². The van der Waals surface area contributed by atoms with Gasteiger partial charge in [0, 0.05) is 11.9 Å². The van der Waals surface area contributed by atoms with Crippen molar-refractivity contribution in [1.29, 1.82) is 0 Å². The van der Waals surface area contributed by atoms with Crippen LogP contribution in [0.4, 0.5) is 0 Å². The van der Waals surface area contributed by atoms with Gasteiger partial charge in [-0.15, -0.1) is 11.3 Å². The molecule has 2 heterocycles. The summed E-state index contributed by atoms with van der Waals surface area (Å²) in [5.74, 6) is 0.551. The molecule has 0 saturated carbocycles. The normalized spacial score (nSPS) is 11.6. The van der Waals surface area contributed by atoms with E-state index in [1.165, 1.54) is 9.56 Å². The van der Waals surface area contributed by atoms with Gasteiger partial charge in [0.25, 0.3) is 5.56 Å². The third-order valence-electron chi connectivity index (χ3n) is 2.51. The lowest BCUT2D eigenvalue weighted by atomic mass is 10.1. The molecule has 0 amide bonds. The van der Waals surface area contributed by atoms with Crippen LogP contribution in [0, 0.1) is 12.8 Å². The van der Waals surface area contributed by atoms with Crippen molar-refractivity contribution in [2.45, 2.75) is 27.2 Å². The van der Waals surface area contributed by atoms with Crippen LogP contribution in [0.2, 0.25) is 0 Å². The minimum absolute atomic E-state index is 0.00635. The summed E-state index contributed by atoms with van der Waals surface area (Å²) in [4.78, 5) is 13.1. The van der Waals surface area contributed by atoms with E-state index in [2.05, 4.69) is 18.9 Å². The summed E-state index contributed by atoms with van der Waals surface area (Å²) in [5, 5.41) is 5.18. The Morgan fingerprint density at radius 1 is 1.50 bits per heavy atom. The van der Waals surface area contributed by atoms with Crippen molar-refractivity contribution in [2.75, 3.05) is 0 Å². The Labute approximate surface area is 98.7 Å². The third kappa shape index (κ3) is 1.89. The Hall–Kier alpha value is -1.16. The summed E-state index contributed by atoms with van der Waals surface area (Å²) in [6.07, 6.45) is 0.921. The molecule has 2 aromatic rings. The van der Waals surface area contributed by atoms with Crippen molar-refractivity contribution in [1.82, 2.24) is 9.78 Å². The first-order valence-electron chi connectivity index (χ1n) is 5.45. The lowest BCUT2D eigenvalue weighted by molar-refractivity contribution is 0.606. The first kappa shape index (κ1) is 11.3. The molecule has 2 rings (SSSR count). The largest absolute Gasteiger partial charge is 0.275 e. The van der Waals surface area contributed by atoms with Crippen molar-refractivity contribution < 1.29 is 0 Å². The van der Waals surface area contributed by atoms with Crippen LogP contribution < -0.4 is 5.56 Å². The number of aryl methyl sites for hydroxylation is 2. The van der Waals surface area contributed by atoms with Crippen LogP contribution >= 0.6 is 11.3 Å². The molecule has 3 nitrogen and oxygen atoms in total. The van der Waals surface area contributed by atoms with Gasteiger partial charge < -0.3 is 0 Å².